The molecule has 27 heavy (non-hydrogen) atoms. The molecule has 0 heterocycles. The van der Waals surface area contributed by atoms with E-state index in [2.05, 4.69) is 56.3 Å². The number of hydrogen-bond acceptors (Lipinski definition) is 4. The largest absolute Gasteiger partial charge is 0.493 e. The molecule has 3 aromatic rings. The second-order valence-corrected chi connectivity index (χ2v) is 7.31. The summed E-state index contributed by atoms with van der Waals surface area (Å²) in [6, 6.07) is 20.7. The van der Waals surface area contributed by atoms with Crippen LogP contribution in [0.15, 0.2) is 60.7 Å². The first-order valence-corrected chi connectivity index (χ1v) is 8.98. The number of fused-ring (bicyclic) bond motifs is 3. The predicted octanol–water partition coefficient (Wildman–Crippen LogP) is 5.02. The summed E-state index contributed by atoms with van der Waals surface area (Å²) in [5.41, 5.74) is 6.94. The highest BCUT2D eigenvalue weighted by molar-refractivity contribution is 5.83. The maximum absolute atomic E-state index is 6.46. The SMILES string of the molecule is COc1ccc(N(N)c2ccc3c(c2)C(C)(C)c2ccccc2-3)cc1OC. The fraction of sp³-hybridized carbons (Fsp3) is 0.217. The van der Waals surface area contributed by atoms with Crippen LogP contribution in [0.2, 0.25) is 0 Å². The zero-order valence-corrected chi connectivity index (χ0v) is 16.1. The Kier molecular flexibility index (Phi) is 4.08. The number of benzene rings is 3. The predicted molar refractivity (Wildman–Crippen MR) is 110 cm³/mol. The lowest BCUT2D eigenvalue weighted by Crippen LogP contribution is -2.25. The van der Waals surface area contributed by atoms with Crippen molar-refractivity contribution < 1.29 is 9.47 Å². The van der Waals surface area contributed by atoms with E-state index in [9.17, 15) is 0 Å². The molecule has 0 radical (unpaired) electrons. The van der Waals surface area contributed by atoms with Crippen LogP contribution in [0, 0.1) is 0 Å². The molecule has 0 saturated heterocycles. The van der Waals surface area contributed by atoms with E-state index in [1.807, 2.05) is 18.2 Å². The number of hydrogen-bond donors (Lipinski definition) is 1. The fourth-order valence-electron chi connectivity index (χ4n) is 3.97. The summed E-state index contributed by atoms with van der Waals surface area (Å²) < 4.78 is 10.7. The van der Waals surface area contributed by atoms with Gasteiger partial charge in [0.1, 0.15) is 0 Å². The fourth-order valence-corrected chi connectivity index (χ4v) is 3.97. The highest BCUT2D eigenvalue weighted by Gasteiger charge is 2.35. The van der Waals surface area contributed by atoms with Crippen LogP contribution in [-0.4, -0.2) is 14.2 Å². The number of nitrogens with zero attached hydrogens (tertiary/aromatic N) is 1. The van der Waals surface area contributed by atoms with Gasteiger partial charge in [0, 0.05) is 11.5 Å². The highest BCUT2D eigenvalue weighted by atomic mass is 16.5. The van der Waals surface area contributed by atoms with Gasteiger partial charge in [-0.15, -0.1) is 0 Å². The molecule has 0 amide bonds. The zero-order chi connectivity index (χ0) is 19.2. The van der Waals surface area contributed by atoms with Crippen LogP contribution in [0.5, 0.6) is 11.5 Å². The van der Waals surface area contributed by atoms with Crippen molar-refractivity contribution in [2.45, 2.75) is 19.3 Å². The van der Waals surface area contributed by atoms with Gasteiger partial charge in [0.05, 0.1) is 25.6 Å². The monoisotopic (exact) mass is 360 g/mol. The van der Waals surface area contributed by atoms with Crippen LogP contribution in [-0.2, 0) is 5.41 Å². The van der Waals surface area contributed by atoms with Gasteiger partial charge in [0.25, 0.3) is 0 Å². The van der Waals surface area contributed by atoms with Gasteiger partial charge >= 0.3 is 0 Å². The van der Waals surface area contributed by atoms with Crippen LogP contribution < -0.4 is 20.3 Å². The van der Waals surface area contributed by atoms with Gasteiger partial charge in [-0.3, -0.25) is 5.01 Å². The molecule has 4 nitrogen and oxygen atoms in total. The number of rotatable bonds is 4. The number of nitrogens with two attached hydrogens (primary N) is 1. The molecule has 0 saturated carbocycles. The Bertz CT molecular complexity index is 1010. The van der Waals surface area contributed by atoms with Crippen molar-refractivity contribution >= 4 is 11.4 Å². The van der Waals surface area contributed by atoms with Crippen molar-refractivity contribution in [1.82, 2.24) is 0 Å². The Morgan fingerprint density at radius 2 is 1.37 bits per heavy atom. The molecule has 138 valence electrons. The molecule has 4 heteroatoms. The van der Waals surface area contributed by atoms with Crippen molar-refractivity contribution in [1.29, 1.82) is 0 Å². The van der Waals surface area contributed by atoms with E-state index in [-0.39, 0.29) is 5.41 Å². The Balaban J connectivity index is 1.76. The van der Waals surface area contributed by atoms with Crippen molar-refractivity contribution in [3.05, 3.63) is 71.8 Å². The first-order chi connectivity index (χ1) is 13.0. The van der Waals surface area contributed by atoms with Gasteiger partial charge in [0.15, 0.2) is 11.5 Å². The molecule has 3 aromatic carbocycles. The Morgan fingerprint density at radius 3 is 2.11 bits per heavy atom. The summed E-state index contributed by atoms with van der Waals surface area (Å²) >= 11 is 0. The van der Waals surface area contributed by atoms with Crippen LogP contribution in [0.4, 0.5) is 11.4 Å². The van der Waals surface area contributed by atoms with Gasteiger partial charge < -0.3 is 9.47 Å². The average molecular weight is 360 g/mol. The average Bonchev–Trinajstić information content (AvgIpc) is 2.94. The van der Waals surface area contributed by atoms with Crippen molar-refractivity contribution in [3.8, 4) is 22.6 Å². The molecule has 0 unspecified atom stereocenters. The minimum absolute atomic E-state index is 0.0552. The summed E-state index contributed by atoms with van der Waals surface area (Å²) in [7, 11) is 3.25. The summed E-state index contributed by atoms with van der Waals surface area (Å²) in [6.45, 7) is 4.53. The van der Waals surface area contributed by atoms with E-state index < -0.39 is 0 Å². The molecule has 0 aliphatic heterocycles. The van der Waals surface area contributed by atoms with Gasteiger partial charge in [-0.05, 0) is 46.5 Å². The zero-order valence-electron chi connectivity index (χ0n) is 16.1. The first-order valence-electron chi connectivity index (χ1n) is 8.98. The van der Waals surface area contributed by atoms with Crippen LogP contribution in [0.25, 0.3) is 11.1 Å². The lowest BCUT2D eigenvalue weighted by Gasteiger charge is -2.25. The number of hydrazine groups is 1. The molecule has 0 aromatic heterocycles. The normalized spacial score (nSPS) is 13.7. The second kappa shape index (κ2) is 6.32. The number of methoxy groups -OCH3 is 2. The summed E-state index contributed by atoms with van der Waals surface area (Å²) in [4.78, 5) is 0. The van der Waals surface area contributed by atoms with Crippen LogP contribution in [0.1, 0.15) is 25.0 Å². The van der Waals surface area contributed by atoms with Crippen molar-refractivity contribution in [2.24, 2.45) is 5.84 Å². The van der Waals surface area contributed by atoms with Gasteiger partial charge in [-0.1, -0.05) is 44.2 Å². The third-order valence-electron chi connectivity index (χ3n) is 5.49. The number of anilines is 2. The molecule has 4 rings (SSSR count). The lowest BCUT2D eigenvalue weighted by atomic mass is 9.82. The maximum Gasteiger partial charge on any atom is 0.162 e. The van der Waals surface area contributed by atoms with E-state index in [4.69, 9.17) is 15.3 Å². The van der Waals surface area contributed by atoms with Crippen LogP contribution >= 0.6 is 0 Å². The topological polar surface area (TPSA) is 47.7 Å². The summed E-state index contributed by atoms with van der Waals surface area (Å²) in [5, 5.41) is 1.68. The molecule has 2 N–H and O–H groups in total. The molecular weight excluding hydrogens is 336 g/mol. The van der Waals surface area contributed by atoms with E-state index >= 15 is 0 Å². The van der Waals surface area contributed by atoms with E-state index in [1.54, 1.807) is 19.2 Å². The summed E-state index contributed by atoms with van der Waals surface area (Å²) in [5.74, 6) is 7.79. The number of ether oxygens (including phenoxy) is 2. The Labute approximate surface area is 160 Å². The molecule has 0 spiro atoms. The molecular formula is C23H24N2O2. The molecule has 1 aliphatic carbocycles. The van der Waals surface area contributed by atoms with Crippen molar-refractivity contribution in [3.63, 3.8) is 0 Å². The van der Waals surface area contributed by atoms with E-state index in [0.717, 1.165) is 11.4 Å². The highest BCUT2D eigenvalue weighted by Crippen LogP contribution is 2.49. The Morgan fingerprint density at radius 1 is 0.741 bits per heavy atom. The molecule has 0 bridgehead atoms. The van der Waals surface area contributed by atoms with Gasteiger partial charge in [-0.25, -0.2) is 5.84 Å². The quantitative estimate of drug-likeness (QED) is 0.524. The minimum Gasteiger partial charge on any atom is -0.493 e. The molecule has 0 atom stereocenters. The standard InChI is InChI=1S/C23H24N2O2/c1-23(2)19-8-6-5-7-17(19)18-11-9-15(13-20(18)23)25(24)16-10-12-21(26-3)22(14-16)27-4/h5-14H,24H2,1-4H3. The third-order valence-corrected chi connectivity index (χ3v) is 5.49. The second-order valence-electron chi connectivity index (χ2n) is 7.31. The maximum atomic E-state index is 6.46. The van der Waals surface area contributed by atoms with Gasteiger partial charge in [0.2, 0.25) is 0 Å². The van der Waals surface area contributed by atoms with Crippen molar-refractivity contribution in [2.75, 3.05) is 19.2 Å². The smallest absolute Gasteiger partial charge is 0.162 e. The molecule has 0 fully saturated rings. The minimum atomic E-state index is -0.0552. The van der Waals surface area contributed by atoms with Crippen LogP contribution in [0.3, 0.4) is 0 Å². The molecule has 1 aliphatic rings. The lowest BCUT2D eigenvalue weighted by molar-refractivity contribution is 0.355. The first kappa shape index (κ1) is 17.4. The van der Waals surface area contributed by atoms with Gasteiger partial charge in [-0.2, -0.15) is 0 Å². The van der Waals surface area contributed by atoms with E-state index in [0.29, 0.717) is 11.5 Å². The Hall–Kier alpha value is -2.98. The summed E-state index contributed by atoms with van der Waals surface area (Å²) in [6.07, 6.45) is 0. The third kappa shape index (κ3) is 2.64. The van der Waals surface area contributed by atoms with E-state index in [1.165, 1.54) is 22.3 Å².